The molecule has 0 spiro atoms. The van der Waals surface area contributed by atoms with E-state index >= 15 is 0 Å². The molecule has 162 valence electrons. The lowest BCUT2D eigenvalue weighted by atomic mass is 10.1. The Kier molecular flexibility index (Phi) is 6.68. The number of nitrogens with two attached hydrogens (primary N) is 1. The summed E-state index contributed by atoms with van der Waals surface area (Å²) in [6, 6.07) is 12.2. The fourth-order valence-corrected chi connectivity index (χ4v) is 2.83. The van der Waals surface area contributed by atoms with Crippen molar-refractivity contribution < 1.29 is 18.0 Å². The van der Waals surface area contributed by atoms with E-state index in [4.69, 9.17) is 5.73 Å². The highest BCUT2D eigenvalue weighted by Gasteiger charge is 2.36. The van der Waals surface area contributed by atoms with E-state index in [-0.39, 0.29) is 12.4 Å². The summed E-state index contributed by atoms with van der Waals surface area (Å²) in [6.45, 7) is 1.92. The van der Waals surface area contributed by atoms with E-state index in [1.165, 1.54) is 0 Å². The fourth-order valence-electron chi connectivity index (χ4n) is 2.83. The van der Waals surface area contributed by atoms with Crippen LogP contribution in [0.25, 0.3) is 11.3 Å². The van der Waals surface area contributed by atoms with Gasteiger partial charge in [-0.3, -0.25) is 9.78 Å². The van der Waals surface area contributed by atoms with Gasteiger partial charge in [-0.25, -0.2) is 4.98 Å². The lowest BCUT2D eigenvalue weighted by molar-refractivity contribution is -0.137. The van der Waals surface area contributed by atoms with Crippen LogP contribution in [0.3, 0.4) is 0 Å². The van der Waals surface area contributed by atoms with Crippen molar-refractivity contribution in [2.24, 2.45) is 5.73 Å². The van der Waals surface area contributed by atoms with Crippen molar-refractivity contribution in [3.8, 4) is 11.3 Å². The van der Waals surface area contributed by atoms with Crippen LogP contribution in [-0.2, 0) is 17.5 Å². The van der Waals surface area contributed by atoms with Gasteiger partial charge < -0.3 is 16.4 Å². The first-order chi connectivity index (χ1) is 14.8. The number of benzene rings is 1. The molecule has 31 heavy (non-hydrogen) atoms. The number of hydrogen-bond donors (Lipinski definition) is 3. The van der Waals surface area contributed by atoms with Crippen LogP contribution in [0.5, 0.6) is 0 Å². The molecule has 0 saturated heterocycles. The second kappa shape index (κ2) is 9.41. The predicted molar refractivity (Wildman–Crippen MR) is 111 cm³/mol. The maximum absolute atomic E-state index is 13.3. The van der Waals surface area contributed by atoms with E-state index in [0.29, 0.717) is 12.7 Å². The molecule has 0 aliphatic carbocycles. The number of halogens is 3. The van der Waals surface area contributed by atoms with Crippen LogP contribution in [0.4, 0.5) is 24.9 Å². The van der Waals surface area contributed by atoms with Crippen molar-refractivity contribution in [3.63, 3.8) is 0 Å². The number of nitrogens with zero attached hydrogens (tertiary/aromatic N) is 3. The summed E-state index contributed by atoms with van der Waals surface area (Å²) >= 11 is 0. The molecule has 2 heterocycles. The van der Waals surface area contributed by atoms with E-state index in [0.717, 1.165) is 16.8 Å². The lowest BCUT2D eigenvalue weighted by Gasteiger charge is -2.18. The number of hydrogen-bond acceptors (Lipinski definition) is 6. The molecule has 7 nitrogen and oxygen atoms in total. The number of pyridine rings is 1. The third kappa shape index (κ3) is 5.68. The maximum Gasteiger partial charge on any atom is 0.421 e. The third-order valence-corrected chi connectivity index (χ3v) is 4.52. The molecule has 10 heteroatoms. The van der Waals surface area contributed by atoms with Crippen LogP contribution in [0, 0.1) is 0 Å². The van der Waals surface area contributed by atoms with E-state index < -0.39 is 29.5 Å². The Labute approximate surface area is 176 Å². The number of aromatic nitrogens is 3. The van der Waals surface area contributed by atoms with Crippen molar-refractivity contribution in [2.45, 2.75) is 32.1 Å². The number of amides is 1. The number of carbonyl (C=O) groups is 1. The minimum absolute atomic E-state index is 0.0105. The molecule has 0 unspecified atom stereocenters. The van der Waals surface area contributed by atoms with Crippen LogP contribution >= 0.6 is 0 Å². The van der Waals surface area contributed by atoms with Gasteiger partial charge in [0.25, 0.3) is 0 Å². The normalized spacial score (nSPS) is 12.3. The summed E-state index contributed by atoms with van der Waals surface area (Å²) in [7, 11) is 0. The Bertz CT molecular complexity index is 1030. The molecule has 1 amide bonds. The van der Waals surface area contributed by atoms with E-state index in [1.54, 1.807) is 13.1 Å². The number of anilines is 2. The number of primary amides is 1. The Balaban J connectivity index is 1.75. The SMILES string of the molecule is CC[C@@H](Nc1nc(NCc2ccc(-c3ccccn3)cc2)ncc1C(F)(F)F)C(N)=O. The molecule has 1 aromatic carbocycles. The van der Waals surface area contributed by atoms with Gasteiger partial charge in [0.15, 0.2) is 0 Å². The molecule has 0 aliphatic heterocycles. The second-order valence-corrected chi connectivity index (χ2v) is 6.73. The first kappa shape index (κ1) is 22.0. The van der Waals surface area contributed by atoms with Crippen molar-refractivity contribution in [1.29, 1.82) is 0 Å². The molecule has 0 aliphatic rings. The highest BCUT2D eigenvalue weighted by atomic mass is 19.4. The molecule has 3 rings (SSSR count). The number of alkyl halides is 3. The minimum atomic E-state index is -4.68. The van der Waals surface area contributed by atoms with Crippen LogP contribution in [0.15, 0.2) is 54.9 Å². The van der Waals surface area contributed by atoms with Gasteiger partial charge in [-0.05, 0) is 24.1 Å². The first-order valence-corrected chi connectivity index (χ1v) is 9.52. The summed E-state index contributed by atoms with van der Waals surface area (Å²) in [5, 5.41) is 5.37. The van der Waals surface area contributed by atoms with Crippen molar-refractivity contribution in [3.05, 3.63) is 66.0 Å². The average Bonchev–Trinajstić information content (AvgIpc) is 2.76. The Morgan fingerprint density at radius 3 is 2.45 bits per heavy atom. The third-order valence-electron chi connectivity index (χ3n) is 4.52. The number of nitrogens with one attached hydrogen (secondary N) is 2. The first-order valence-electron chi connectivity index (χ1n) is 9.52. The van der Waals surface area contributed by atoms with Gasteiger partial charge in [-0.1, -0.05) is 37.3 Å². The smallest absolute Gasteiger partial charge is 0.368 e. The summed E-state index contributed by atoms with van der Waals surface area (Å²) in [5.41, 5.74) is 6.82. The molecular formula is C21H21F3N6O. The number of carbonyl (C=O) groups excluding carboxylic acids is 1. The standard InChI is InChI=1S/C21H21F3N6O/c1-2-16(18(25)31)29-19-15(21(22,23)24)12-28-20(30-19)27-11-13-6-8-14(9-7-13)17-5-3-4-10-26-17/h3-10,12,16H,2,11H2,1H3,(H2,25,31)(H2,27,28,29,30)/t16-/m1/s1. The summed E-state index contributed by atoms with van der Waals surface area (Å²) < 4.78 is 39.9. The molecule has 2 aromatic heterocycles. The second-order valence-electron chi connectivity index (χ2n) is 6.73. The molecule has 3 aromatic rings. The van der Waals surface area contributed by atoms with Crippen molar-refractivity contribution in [2.75, 3.05) is 10.6 Å². The monoisotopic (exact) mass is 430 g/mol. The topological polar surface area (TPSA) is 106 Å². The van der Waals surface area contributed by atoms with Gasteiger partial charge >= 0.3 is 6.18 Å². The zero-order valence-electron chi connectivity index (χ0n) is 16.6. The minimum Gasteiger partial charge on any atom is -0.368 e. The van der Waals surface area contributed by atoms with Gasteiger partial charge in [0.05, 0.1) is 5.69 Å². The molecule has 0 fully saturated rings. The van der Waals surface area contributed by atoms with Crippen LogP contribution < -0.4 is 16.4 Å². The lowest BCUT2D eigenvalue weighted by Crippen LogP contribution is -2.35. The van der Waals surface area contributed by atoms with Gasteiger partial charge in [0.2, 0.25) is 11.9 Å². The summed E-state index contributed by atoms with van der Waals surface area (Å²) in [4.78, 5) is 23.4. The van der Waals surface area contributed by atoms with Crippen LogP contribution in [-0.4, -0.2) is 26.9 Å². The largest absolute Gasteiger partial charge is 0.421 e. The highest BCUT2D eigenvalue weighted by molar-refractivity contribution is 5.82. The molecule has 0 saturated carbocycles. The van der Waals surface area contributed by atoms with E-state index in [1.807, 2.05) is 42.5 Å². The molecule has 4 N–H and O–H groups in total. The zero-order valence-corrected chi connectivity index (χ0v) is 16.6. The van der Waals surface area contributed by atoms with Crippen molar-refractivity contribution >= 4 is 17.7 Å². The Morgan fingerprint density at radius 1 is 1.13 bits per heavy atom. The Hall–Kier alpha value is -3.69. The molecule has 1 atom stereocenters. The van der Waals surface area contributed by atoms with Crippen molar-refractivity contribution in [1.82, 2.24) is 15.0 Å². The average molecular weight is 430 g/mol. The predicted octanol–water partition coefficient (Wildman–Crippen LogP) is 3.85. The summed E-state index contributed by atoms with van der Waals surface area (Å²) in [6.07, 6.45) is -2.09. The quantitative estimate of drug-likeness (QED) is 0.501. The molecule has 0 radical (unpaired) electrons. The fraction of sp³-hybridized carbons (Fsp3) is 0.238. The maximum atomic E-state index is 13.3. The van der Waals surface area contributed by atoms with Gasteiger partial charge in [0.1, 0.15) is 17.4 Å². The van der Waals surface area contributed by atoms with Crippen LogP contribution in [0.2, 0.25) is 0 Å². The zero-order chi connectivity index (χ0) is 22.4. The molecular weight excluding hydrogens is 409 g/mol. The van der Waals surface area contributed by atoms with Gasteiger partial charge in [0, 0.05) is 24.5 Å². The highest BCUT2D eigenvalue weighted by Crippen LogP contribution is 2.34. The number of rotatable bonds is 8. The van der Waals surface area contributed by atoms with Gasteiger partial charge in [-0.2, -0.15) is 18.2 Å². The Morgan fingerprint density at radius 2 is 1.87 bits per heavy atom. The van der Waals surface area contributed by atoms with Crippen LogP contribution in [0.1, 0.15) is 24.5 Å². The molecule has 0 bridgehead atoms. The summed E-state index contributed by atoms with van der Waals surface area (Å²) in [5.74, 6) is -1.28. The van der Waals surface area contributed by atoms with E-state index in [9.17, 15) is 18.0 Å². The van der Waals surface area contributed by atoms with E-state index in [2.05, 4.69) is 25.6 Å². The van der Waals surface area contributed by atoms with Gasteiger partial charge in [-0.15, -0.1) is 0 Å².